The second-order valence-electron chi connectivity index (χ2n) is 19.7. The van der Waals surface area contributed by atoms with E-state index >= 15 is 0 Å². The number of carbonyl (C=O) groups is 4. The highest BCUT2D eigenvalue weighted by molar-refractivity contribution is 5.81. The molecule has 0 aromatic heterocycles. The summed E-state index contributed by atoms with van der Waals surface area (Å²) in [5.41, 5.74) is 0. The van der Waals surface area contributed by atoms with Gasteiger partial charge in [-0.05, 0) is 77.0 Å². The van der Waals surface area contributed by atoms with Crippen LogP contribution < -0.4 is 0 Å². The summed E-state index contributed by atoms with van der Waals surface area (Å²) >= 11 is 0. The number of rotatable bonds is 48. The van der Waals surface area contributed by atoms with Crippen LogP contribution in [0, 0.1) is 0 Å². The normalized spacial score (nSPS) is 14.7. The highest BCUT2D eigenvalue weighted by Gasteiger charge is 2.36. The van der Waals surface area contributed by atoms with Gasteiger partial charge < -0.3 is 28.8 Å². The third kappa shape index (κ3) is 51.6. The first-order valence-corrected chi connectivity index (χ1v) is 29.2. The van der Waals surface area contributed by atoms with Gasteiger partial charge >= 0.3 is 23.9 Å². The maximum atomic E-state index is 11.5. The van der Waals surface area contributed by atoms with Gasteiger partial charge in [0.1, 0.15) is 6.10 Å². The molecule has 0 aromatic carbocycles. The Balaban J connectivity index is 0. The standard InChI is InChI=1S/C22H40O5.C19H36O3.C19H36O2/c1-4-6-7-8-10-13-16-19(23)20(27-21(24)5-2)17-14-11-9-12-15-18-22(25)26-3;1-3-4-5-6-8-11-14-17-18(22-17)15-12-9-7-10-13-16-19(20)21-2;1-3-4-5-6-7-8-9-10-11-12-13-14-15-16-17-18-19(20)21-2/h5,19-20,23H,2,4,6-18H2,1,3H3;17-18H,3-16H2,1-2H3;10-11H,3-9,12-18H2,1-2H3/b;;11-10-. The molecule has 0 bridgehead atoms. The second kappa shape index (κ2) is 55.6. The lowest BCUT2D eigenvalue weighted by molar-refractivity contribution is -0.150. The summed E-state index contributed by atoms with van der Waals surface area (Å²) in [7, 11) is 4.32. The number of allylic oxidation sites excluding steroid dienone is 2. The molecule has 1 fully saturated rings. The molecule has 10 heteroatoms. The monoisotopic (exact) mass is 993 g/mol. The minimum atomic E-state index is -0.612. The summed E-state index contributed by atoms with van der Waals surface area (Å²) in [6.45, 7) is 10.2. The summed E-state index contributed by atoms with van der Waals surface area (Å²) in [4.78, 5) is 44.5. The van der Waals surface area contributed by atoms with Crippen molar-refractivity contribution in [2.75, 3.05) is 21.3 Å². The van der Waals surface area contributed by atoms with Crippen molar-refractivity contribution in [1.82, 2.24) is 0 Å². The van der Waals surface area contributed by atoms with Crippen LogP contribution in [0.4, 0.5) is 0 Å². The molecular formula is C60H112O10. The van der Waals surface area contributed by atoms with Crippen LogP contribution in [-0.4, -0.2) is 74.7 Å². The fraction of sp³-hybridized carbons (Fsp3) is 0.867. The lowest BCUT2D eigenvalue weighted by Crippen LogP contribution is -2.31. The number of methoxy groups -OCH3 is 3. The average Bonchev–Trinajstić information content (AvgIpc) is 4.13. The van der Waals surface area contributed by atoms with Gasteiger partial charge in [0.25, 0.3) is 0 Å². The third-order valence-electron chi connectivity index (χ3n) is 13.3. The molecule has 0 aliphatic carbocycles. The summed E-state index contributed by atoms with van der Waals surface area (Å²) in [6.07, 6.45) is 53.9. The minimum Gasteiger partial charge on any atom is -0.469 e. The summed E-state index contributed by atoms with van der Waals surface area (Å²) in [6, 6.07) is 0. The smallest absolute Gasteiger partial charge is 0.330 e. The van der Waals surface area contributed by atoms with E-state index in [0.29, 0.717) is 44.3 Å². The van der Waals surface area contributed by atoms with Crippen molar-refractivity contribution in [2.24, 2.45) is 0 Å². The maximum Gasteiger partial charge on any atom is 0.330 e. The van der Waals surface area contributed by atoms with Gasteiger partial charge in [-0.1, -0.05) is 213 Å². The number of ether oxygens (including phenoxy) is 5. The van der Waals surface area contributed by atoms with E-state index in [1.54, 1.807) is 0 Å². The van der Waals surface area contributed by atoms with Crippen molar-refractivity contribution in [1.29, 1.82) is 0 Å². The number of aliphatic hydroxyl groups is 1. The average molecular weight is 994 g/mol. The molecular weight excluding hydrogens is 881 g/mol. The van der Waals surface area contributed by atoms with Crippen molar-refractivity contribution in [3.63, 3.8) is 0 Å². The van der Waals surface area contributed by atoms with E-state index in [0.717, 1.165) is 76.7 Å². The lowest BCUT2D eigenvalue weighted by Gasteiger charge is -2.23. The second-order valence-corrected chi connectivity index (χ2v) is 19.7. The number of carbonyl (C=O) groups excluding carboxylic acids is 4. The fourth-order valence-electron chi connectivity index (χ4n) is 8.60. The zero-order chi connectivity index (χ0) is 52.0. The molecule has 1 N–H and O–H groups in total. The number of hydrogen-bond acceptors (Lipinski definition) is 10. The molecule has 0 spiro atoms. The zero-order valence-corrected chi connectivity index (χ0v) is 46.6. The molecule has 1 rings (SSSR count). The molecule has 0 amide bonds. The van der Waals surface area contributed by atoms with Crippen LogP contribution in [0.3, 0.4) is 0 Å². The van der Waals surface area contributed by atoms with Crippen molar-refractivity contribution >= 4 is 23.9 Å². The SMILES string of the molecule is C=CC(=O)OC(CCCCCCCC(=O)OC)C(O)CCCCCCCC.CCCCCCCC/C=C\CCCCCCCC(=O)OC.CCCCCCCCC1OC1CCCCCCCC(=O)OC. The van der Waals surface area contributed by atoms with E-state index in [1.807, 2.05) is 0 Å². The van der Waals surface area contributed by atoms with Crippen molar-refractivity contribution in [3.8, 4) is 0 Å². The van der Waals surface area contributed by atoms with Crippen LogP contribution in [-0.2, 0) is 42.9 Å². The molecule has 4 atom stereocenters. The lowest BCUT2D eigenvalue weighted by atomic mass is 9.99. The van der Waals surface area contributed by atoms with Crippen molar-refractivity contribution < 1.29 is 48.0 Å². The van der Waals surface area contributed by atoms with Gasteiger partial charge in [-0.2, -0.15) is 0 Å². The van der Waals surface area contributed by atoms with Crippen molar-refractivity contribution in [3.05, 3.63) is 24.8 Å². The predicted octanol–water partition coefficient (Wildman–Crippen LogP) is 16.7. The van der Waals surface area contributed by atoms with Crippen LogP contribution in [0.2, 0.25) is 0 Å². The summed E-state index contributed by atoms with van der Waals surface area (Å²) in [5.74, 6) is -0.791. The summed E-state index contributed by atoms with van der Waals surface area (Å²) in [5, 5.41) is 10.4. The van der Waals surface area contributed by atoms with Crippen LogP contribution in [0.5, 0.6) is 0 Å². The Kier molecular flexibility index (Phi) is 55.1. The molecule has 70 heavy (non-hydrogen) atoms. The van der Waals surface area contributed by atoms with Crippen molar-refractivity contribution in [2.45, 2.75) is 315 Å². The van der Waals surface area contributed by atoms with E-state index in [1.165, 1.54) is 188 Å². The fourth-order valence-corrected chi connectivity index (χ4v) is 8.60. The number of epoxide rings is 1. The minimum absolute atomic E-state index is 0.0763. The highest BCUT2D eigenvalue weighted by Crippen LogP contribution is 2.32. The van der Waals surface area contributed by atoms with Crippen LogP contribution in [0.15, 0.2) is 24.8 Å². The Hall–Kier alpha value is -2.72. The van der Waals surface area contributed by atoms with Gasteiger partial charge in [-0.15, -0.1) is 0 Å². The largest absolute Gasteiger partial charge is 0.469 e. The number of unbranched alkanes of at least 4 members (excludes halogenated alkanes) is 29. The first-order chi connectivity index (χ1) is 34.1. The van der Waals surface area contributed by atoms with Gasteiger partial charge in [0.05, 0.1) is 39.6 Å². The Labute approximate surface area is 431 Å². The quantitative estimate of drug-likeness (QED) is 0.0157. The molecule has 0 aromatic rings. The third-order valence-corrected chi connectivity index (χ3v) is 13.3. The van der Waals surface area contributed by atoms with Crippen LogP contribution >= 0.6 is 0 Å². The van der Waals surface area contributed by atoms with E-state index < -0.39 is 18.2 Å². The van der Waals surface area contributed by atoms with E-state index in [2.05, 4.69) is 53.7 Å². The van der Waals surface area contributed by atoms with E-state index in [-0.39, 0.29) is 17.9 Å². The predicted molar refractivity (Wildman–Crippen MR) is 291 cm³/mol. The molecule has 0 saturated carbocycles. The highest BCUT2D eigenvalue weighted by atomic mass is 16.6. The summed E-state index contributed by atoms with van der Waals surface area (Å²) < 4.78 is 25.0. The number of aliphatic hydroxyl groups excluding tert-OH is 1. The van der Waals surface area contributed by atoms with Gasteiger partial charge in [0.15, 0.2) is 0 Å². The number of hydrogen-bond donors (Lipinski definition) is 1. The first kappa shape index (κ1) is 69.4. The molecule has 412 valence electrons. The number of esters is 4. The Morgan fingerprint density at radius 2 is 0.771 bits per heavy atom. The van der Waals surface area contributed by atoms with Gasteiger partial charge in [0.2, 0.25) is 0 Å². The molecule has 1 aliphatic rings. The van der Waals surface area contributed by atoms with Gasteiger partial charge in [-0.25, -0.2) is 4.79 Å². The molecule has 1 saturated heterocycles. The zero-order valence-electron chi connectivity index (χ0n) is 46.6. The Morgan fingerprint density at radius 1 is 0.457 bits per heavy atom. The topological polar surface area (TPSA) is 138 Å². The Bertz CT molecular complexity index is 1200. The van der Waals surface area contributed by atoms with E-state index in [4.69, 9.17) is 9.47 Å². The van der Waals surface area contributed by atoms with E-state index in [9.17, 15) is 24.3 Å². The molecule has 4 unspecified atom stereocenters. The maximum absolute atomic E-state index is 11.5. The van der Waals surface area contributed by atoms with Gasteiger partial charge in [0, 0.05) is 25.3 Å². The first-order valence-electron chi connectivity index (χ1n) is 29.2. The van der Waals surface area contributed by atoms with Crippen LogP contribution in [0.1, 0.15) is 290 Å². The van der Waals surface area contributed by atoms with Gasteiger partial charge in [-0.3, -0.25) is 14.4 Å². The molecule has 1 aliphatic heterocycles. The molecule has 1 heterocycles. The Morgan fingerprint density at radius 3 is 1.13 bits per heavy atom. The molecule has 0 radical (unpaired) electrons. The van der Waals surface area contributed by atoms with Crippen LogP contribution in [0.25, 0.3) is 0 Å². The molecule has 10 nitrogen and oxygen atoms in total.